The summed E-state index contributed by atoms with van der Waals surface area (Å²) in [7, 11) is -4.19. The van der Waals surface area contributed by atoms with Gasteiger partial charge in [0, 0.05) is 24.4 Å². The minimum Gasteiger partial charge on any atom is -0.494 e. The zero-order valence-corrected chi connectivity index (χ0v) is 17.6. The molecule has 2 N–H and O–H groups in total. The van der Waals surface area contributed by atoms with Gasteiger partial charge in [-0.05, 0) is 67.1 Å². The number of ether oxygens (including phenoxy) is 1. The minimum atomic E-state index is -4.19. The number of nitrogens with one attached hydrogen (secondary N) is 1. The van der Waals surface area contributed by atoms with Crippen LogP contribution in [0.1, 0.15) is 6.42 Å². The van der Waals surface area contributed by atoms with E-state index in [1.54, 1.807) is 36.4 Å². The summed E-state index contributed by atoms with van der Waals surface area (Å²) >= 11 is 0. The third-order valence-corrected chi connectivity index (χ3v) is 5.12. The maximum absolute atomic E-state index is 11.0. The Morgan fingerprint density at radius 1 is 0.906 bits per heavy atom. The Hall–Kier alpha value is -3.83. The molecule has 0 bridgehead atoms. The van der Waals surface area contributed by atoms with Crippen molar-refractivity contribution in [2.24, 2.45) is 10.2 Å². The fourth-order valence-corrected chi connectivity index (χ4v) is 3.09. The molecule has 32 heavy (non-hydrogen) atoms. The first-order valence-corrected chi connectivity index (χ1v) is 11.0. The first-order valence-electron chi connectivity index (χ1n) is 9.52. The second-order valence-corrected chi connectivity index (χ2v) is 8.02. The Kier molecular flexibility index (Phi) is 7.47. The van der Waals surface area contributed by atoms with E-state index < -0.39 is 15.0 Å². The Balaban J connectivity index is 1.40. The van der Waals surface area contributed by atoms with E-state index in [1.165, 1.54) is 36.4 Å². The predicted octanol–water partition coefficient (Wildman–Crippen LogP) is 5.14. The summed E-state index contributed by atoms with van der Waals surface area (Å²) in [4.78, 5) is 10.0. The van der Waals surface area contributed by atoms with Crippen LogP contribution in [0.5, 0.6) is 5.75 Å². The first kappa shape index (κ1) is 22.8. The highest BCUT2D eigenvalue weighted by molar-refractivity contribution is 7.85. The van der Waals surface area contributed by atoms with Crippen LogP contribution in [0.2, 0.25) is 0 Å². The summed E-state index contributed by atoms with van der Waals surface area (Å²) < 4.78 is 36.7. The molecular formula is C21H20N4O6S. The van der Waals surface area contributed by atoms with Crippen molar-refractivity contribution in [2.75, 3.05) is 18.5 Å². The SMILES string of the molecule is O=[N+]([O-])c1ccc(N=Nc2ccc(OCCCNc3ccc(S(=O)(=O)O)cc3)cc2)cc1. The number of rotatable bonds is 10. The van der Waals surface area contributed by atoms with Gasteiger partial charge in [0.1, 0.15) is 5.75 Å². The number of hydrogen-bond donors (Lipinski definition) is 2. The van der Waals surface area contributed by atoms with Crippen molar-refractivity contribution in [3.05, 3.63) is 82.9 Å². The van der Waals surface area contributed by atoms with E-state index in [2.05, 4.69) is 15.5 Å². The quantitative estimate of drug-likeness (QED) is 0.141. The molecule has 3 rings (SSSR count). The minimum absolute atomic E-state index is 0.00397. The smallest absolute Gasteiger partial charge is 0.294 e. The fourth-order valence-electron chi connectivity index (χ4n) is 2.61. The number of hydrogen-bond acceptors (Lipinski definition) is 8. The van der Waals surface area contributed by atoms with Crippen molar-refractivity contribution < 1.29 is 22.6 Å². The number of anilines is 1. The van der Waals surface area contributed by atoms with Crippen molar-refractivity contribution >= 4 is 32.9 Å². The Morgan fingerprint density at radius 3 is 2.00 bits per heavy atom. The zero-order valence-electron chi connectivity index (χ0n) is 16.8. The van der Waals surface area contributed by atoms with Crippen LogP contribution in [-0.2, 0) is 10.1 Å². The standard InChI is InChI=1S/C21H20N4O6S/c26-25(27)19-8-2-17(3-9-19)23-24-18-4-10-20(11-5-18)31-15-1-14-22-16-6-12-21(13-7-16)32(28,29)30/h2-13,22H,1,14-15H2,(H,28,29,30). The van der Waals surface area contributed by atoms with Gasteiger partial charge in [0.15, 0.2) is 0 Å². The summed E-state index contributed by atoms with van der Waals surface area (Å²) in [5, 5.41) is 21.9. The van der Waals surface area contributed by atoms with E-state index in [9.17, 15) is 18.5 Å². The topological polar surface area (TPSA) is 143 Å². The summed E-state index contributed by atoms with van der Waals surface area (Å²) in [6, 6.07) is 18.6. The molecule has 0 aliphatic heterocycles. The molecule has 0 aliphatic rings. The molecule has 0 saturated heterocycles. The normalized spacial score (nSPS) is 11.4. The first-order chi connectivity index (χ1) is 15.3. The van der Waals surface area contributed by atoms with E-state index in [0.29, 0.717) is 36.7 Å². The molecule has 3 aromatic rings. The largest absolute Gasteiger partial charge is 0.494 e. The van der Waals surface area contributed by atoms with E-state index >= 15 is 0 Å². The van der Waals surface area contributed by atoms with Crippen LogP contribution >= 0.6 is 0 Å². The molecule has 0 saturated carbocycles. The molecule has 3 aromatic carbocycles. The van der Waals surface area contributed by atoms with Crippen LogP contribution in [0.3, 0.4) is 0 Å². The lowest BCUT2D eigenvalue weighted by Crippen LogP contribution is -2.07. The highest BCUT2D eigenvalue weighted by Gasteiger charge is 2.08. The lowest BCUT2D eigenvalue weighted by Gasteiger charge is -2.08. The number of nitro groups is 1. The van der Waals surface area contributed by atoms with E-state index in [1.807, 2.05) is 0 Å². The van der Waals surface area contributed by atoms with Crippen molar-refractivity contribution in [1.29, 1.82) is 0 Å². The summed E-state index contributed by atoms with van der Waals surface area (Å²) in [6.07, 6.45) is 0.710. The van der Waals surface area contributed by atoms with Gasteiger partial charge in [0.2, 0.25) is 0 Å². The van der Waals surface area contributed by atoms with Gasteiger partial charge in [0.05, 0.1) is 27.8 Å². The van der Waals surface area contributed by atoms with Gasteiger partial charge in [0.25, 0.3) is 15.8 Å². The monoisotopic (exact) mass is 456 g/mol. The summed E-state index contributed by atoms with van der Waals surface area (Å²) in [6.45, 7) is 1.09. The lowest BCUT2D eigenvalue weighted by molar-refractivity contribution is -0.384. The van der Waals surface area contributed by atoms with Gasteiger partial charge < -0.3 is 10.1 Å². The molecule has 10 nitrogen and oxygen atoms in total. The average molecular weight is 456 g/mol. The maximum atomic E-state index is 11.0. The molecule has 0 unspecified atom stereocenters. The van der Waals surface area contributed by atoms with Crippen molar-refractivity contribution in [3.63, 3.8) is 0 Å². The maximum Gasteiger partial charge on any atom is 0.294 e. The third kappa shape index (κ3) is 6.86. The van der Waals surface area contributed by atoms with Crippen molar-refractivity contribution in [3.8, 4) is 5.75 Å². The van der Waals surface area contributed by atoms with Crippen LogP contribution in [0.4, 0.5) is 22.7 Å². The van der Waals surface area contributed by atoms with Crippen LogP contribution in [0.25, 0.3) is 0 Å². The predicted molar refractivity (Wildman–Crippen MR) is 119 cm³/mol. The van der Waals surface area contributed by atoms with Gasteiger partial charge in [-0.1, -0.05) is 0 Å². The zero-order chi connectivity index (χ0) is 23.0. The Bertz CT molecular complexity index is 1180. The molecule has 11 heteroatoms. The van der Waals surface area contributed by atoms with Crippen molar-refractivity contribution in [2.45, 2.75) is 11.3 Å². The second-order valence-electron chi connectivity index (χ2n) is 6.60. The van der Waals surface area contributed by atoms with E-state index in [-0.39, 0.29) is 10.6 Å². The number of nitro benzene ring substituents is 1. The molecule has 0 radical (unpaired) electrons. The molecule has 0 aliphatic carbocycles. The molecular weight excluding hydrogens is 436 g/mol. The third-order valence-electron chi connectivity index (χ3n) is 4.25. The number of benzene rings is 3. The highest BCUT2D eigenvalue weighted by Crippen LogP contribution is 2.23. The van der Waals surface area contributed by atoms with Gasteiger partial charge in [-0.2, -0.15) is 18.6 Å². The van der Waals surface area contributed by atoms with Gasteiger partial charge >= 0.3 is 0 Å². The summed E-state index contributed by atoms with van der Waals surface area (Å²) in [5.41, 5.74) is 1.86. The molecule has 0 heterocycles. The lowest BCUT2D eigenvalue weighted by atomic mass is 10.3. The molecule has 0 aromatic heterocycles. The van der Waals surface area contributed by atoms with E-state index in [0.717, 1.165) is 5.69 Å². The van der Waals surface area contributed by atoms with E-state index in [4.69, 9.17) is 9.29 Å². The van der Waals surface area contributed by atoms with Gasteiger partial charge in [-0.25, -0.2) is 0 Å². The highest BCUT2D eigenvalue weighted by atomic mass is 32.2. The molecule has 0 amide bonds. The Morgan fingerprint density at radius 2 is 1.47 bits per heavy atom. The molecule has 0 atom stereocenters. The van der Waals surface area contributed by atoms with Gasteiger partial charge in [-0.3, -0.25) is 14.7 Å². The average Bonchev–Trinajstić information content (AvgIpc) is 2.78. The fraction of sp³-hybridized carbons (Fsp3) is 0.143. The van der Waals surface area contributed by atoms with Gasteiger partial charge in [-0.15, -0.1) is 0 Å². The molecule has 0 spiro atoms. The Labute approximate surface area is 184 Å². The van der Waals surface area contributed by atoms with Crippen LogP contribution in [0, 0.1) is 10.1 Å². The van der Waals surface area contributed by atoms with Crippen LogP contribution in [-0.4, -0.2) is 31.0 Å². The number of non-ortho nitro benzene ring substituents is 1. The molecule has 166 valence electrons. The number of nitrogens with zero attached hydrogens (tertiary/aromatic N) is 3. The second kappa shape index (κ2) is 10.5. The number of azo groups is 1. The van der Waals surface area contributed by atoms with Crippen LogP contribution in [0.15, 0.2) is 87.9 Å². The van der Waals surface area contributed by atoms with Crippen LogP contribution < -0.4 is 10.1 Å². The molecule has 0 fully saturated rings. The summed E-state index contributed by atoms with van der Waals surface area (Å²) in [5.74, 6) is 0.678. The van der Waals surface area contributed by atoms with Crippen molar-refractivity contribution in [1.82, 2.24) is 0 Å².